The lowest BCUT2D eigenvalue weighted by Gasteiger charge is -2.36. The molecule has 2 atom stereocenters. The van der Waals surface area contributed by atoms with E-state index in [-0.39, 0.29) is 5.60 Å². The predicted molar refractivity (Wildman–Crippen MR) is 127 cm³/mol. The average molecular weight is 427 g/mol. The molecule has 1 unspecified atom stereocenters. The number of fused-ring (bicyclic) bond motifs is 1. The molecule has 2 N–H and O–H groups in total. The number of hydrogen-bond acceptors (Lipinski definition) is 3. The van der Waals surface area contributed by atoms with E-state index in [0.29, 0.717) is 5.75 Å². The van der Waals surface area contributed by atoms with Gasteiger partial charge in [0.25, 0.3) is 0 Å². The van der Waals surface area contributed by atoms with E-state index in [0.717, 1.165) is 66.5 Å². The Hall–Kier alpha value is -2.49. The van der Waals surface area contributed by atoms with Gasteiger partial charge in [-0.05, 0) is 103 Å². The fourth-order valence-corrected chi connectivity index (χ4v) is 4.14. The van der Waals surface area contributed by atoms with E-state index in [4.69, 9.17) is 4.74 Å². The number of carboxylic acid groups (broad SMARTS) is 1. The number of carboxylic acids is 1. The molecule has 0 saturated heterocycles. The van der Waals surface area contributed by atoms with Crippen LogP contribution in [0, 0.1) is 12.8 Å². The summed E-state index contributed by atoms with van der Waals surface area (Å²) < 4.78 is 6.37. The van der Waals surface area contributed by atoms with Gasteiger partial charge in [0.15, 0.2) is 0 Å². The number of benzene rings is 1. The third kappa shape index (κ3) is 7.30. The van der Waals surface area contributed by atoms with Gasteiger partial charge in [-0.15, -0.1) is 0 Å². The van der Waals surface area contributed by atoms with Gasteiger partial charge in [-0.25, -0.2) is 0 Å². The molecule has 4 heteroatoms. The maximum atomic E-state index is 11.5. The summed E-state index contributed by atoms with van der Waals surface area (Å²) in [7, 11) is 0. The molecule has 4 nitrogen and oxygen atoms in total. The van der Waals surface area contributed by atoms with Gasteiger partial charge in [-0.1, -0.05) is 34.9 Å². The normalized spacial score (nSPS) is 19.9. The summed E-state index contributed by atoms with van der Waals surface area (Å²) in [6.07, 6.45) is 11.7. The second-order valence-electron chi connectivity index (χ2n) is 9.44. The summed E-state index contributed by atoms with van der Waals surface area (Å²) in [4.78, 5) is 11.5. The fraction of sp³-hybridized carbons (Fsp3) is 0.519. The first kappa shape index (κ1) is 24.8. The SMILES string of the molecule is CC(C)=CC(C(=O)O)/C(C)=C/CC/C(C)=C/CC[C@]1(C)CCc2cc(O)cc(C)c2O1. The first-order valence-electron chi connectivity index (χ1n) is 11.2. The molecule has 1 aromatic carbocycles. The van der Waals surface area contributed by atoms with Gasteiger partial charge in [-0.2, -0.15) is 0 Å². The Kier molecular flexibility index (Phi) is 8.55. The van der Waals surface area contributed by atoms with Gasteiger partial charge in [0.1, 0.15) is 17.1 Å². The average Bonchev–Trinajstić information content (AvgIpc) is 2.66. The van der Waals surface area contributed by atoms with E-state index in [2.05, 4.69) is 26.0 Å². The van der Waals surface area contributed by atoms with Gasteiger partial charge in [0, 0.05) is 0 Å². The number of aryl methyl sites for hydroxylation is 2. The van der Waals surface area contributed by atoms with Crippen LogP contribution in [0.15, 0.2) is 47.1 Å². The van der Waals surface area contributed by atoms with Crippen LogP contribution in [-0.2, 0) is 11.2 Å². The lowest BCUT2D eigenvalue weighted by Crippen LogP contribution is -2.36. The first-order chi connectivity index (χ1) is 14.5. The second kappa shape index (κ2) is 10.7. The van der Waals surface area contributed by atoms with E-state index in [1.807, 2.05) is 39.8 Å². The summed E-state index contributed by atoms with van der Waals surface area (Å²) in [5.74, 6) is -0.0973. The summed E-state index contributed by atoms with van der Waals surface area (Å²) in [5, 5.41) is 19.2. The zero-order valence-corrected chi connectivity index (χ0v) is 19.9. The summed E-state index contributed by atoms with van der Waals surface area (Å²) in [6.45, 7) is 12.0. The third-order valence-electron chi connectivity index (χ3n) is 6.04. The van der Waals surface area contributed by atoms with Crippen molar-refractivity contribution in [3.8, 4) is 11.5 Å². The third-order valence-corrected chi connectivity index (χ3v) is 6.04. The lowest BCUT2D eigenvalue weighted by molar-refractivity contribution is -0.138. The van der Waals surface area contributed by atoms with Crippen LogP contribution in [-0.4, -0.2) is 21.8 Å². The number of aromatic hydroxyl groups is 1. The van der Waals surface area contributed by atoms with Crippen molar-refractivity contribution in [1.29, 1.82) is 0 Å². The van der Waals surface area contributed by atoms with Gasteiger partial charge in [-0.3, -0.25) is 4.79 Å². The van der Waals surface area contributed by atoms with Gasteiger partial charge < -0.3 is 14.9 Å². The van der Waals surface area contributed by atoms with Crippen molar-refractivity contribution in [1.82, 2.24) is 0 Å². The molecule has 1 aromatic rings. The lowest BCUT2D eigenvalue weighted by atomic mass is 9.87. The molecule has 31 heavy (non-hydrogen) atoms. The monoisotopic (exact) mass is 426 g/mol. The molecule has 0 bridgehead atoms. The van der Waals surface area contributed by atoms with Crippen LogP contribution in [0.2, 0.25) is 0 Å². The van der Waals surface area contributed by atoms with Crippen LogP contribution in [0.3, 0.4) is 0 Å². The minimum Gasteiger partial charge on any atom is -0.508 e. The van der Waals surface area contributed by atoms with Crippen molar-refractivity contribution >= 4 is 5.97 Å². The molecule has 1 aliphatic rings. The molecule has 1 heterocycles. The highest BCUT2D eigenvalue weighted by atomic mass is 16.5. The number of phenols is 1. The number of carbonyl (C=O) groups is 1. The molecule has 0 fully saturated rings. The van der Waals surface area contributed by atoms with Crippen molar-refractivity contribution < 1.29 is 19.7 Å². The van der Waals surface area contributed by atoms with Crippen molar-refractivity contribution in [2.45, 2.75) is 85.7 Å². The van der Waals surface area contributed by atoms with Gasteiger partial charge in [0.2, 0.25) is 0 Å². The topological polar surface area (TPSA) is 66.8 Å². The van der Waals surface area contributed by atoms with Crippen LogP contribution in [0.5, 0.6) is 11.5 Å². The molecular weight excluding hydrogens is 388 g/mol. The standard InChI is InChI=1S/C27H38O4/c1-18(2)15-24(26(29)30)20(4)11-7-9-19(3)10-8-13-27(6)14-12-22-17-23(28)16-21(5)25(22)31-27/h10-11,15-17,24,28H,7-9,12-14H2,1-6H3,(H,29,30)/b19-10+,20-11+/t24?,27-/m1/s1. The predicted octanol–water partition coefficient (Wildman–Crippen LogP) is 6.90. The molecule has 0 spiro atoms. The zero-order chi connectivity index (χ0) is 23.2. The molecule has 0 saturated carbocycles. The smallest absolute Gasteiger partial charge is 0.314 e. The highest BCUT2D eigenvalue weighted by Crippen LogP contribution is 2.39. The Balaban J connectivity index is 1.89. The molecule has 2 rings (SSSR count). The molecular formula is C27H38O4. The second-order valence-corrected chi connectivity index (χ2v) is 9.44. The molecule has 0 aromatic heterocycles. The Morgan fingerprint density at radius 2 is 1.90 bits per heavy atom. The molecule has 1 aliphatic heterocycles. The fourth-order valence-electron chi connectivity index (χ4n) is 4.14. The number of rotatable bonds is 9. The van der Waals surface area contributed by atoms with E-state index in [9.17, 15) is 15.0 Å². The van der Waals surface area contributed by atoms with E-state index in [1.165, 1.54) is 5.57 Å². The molecule has 170 valence electrons. The Bertz CT molecular complexity index is 887. The van der Waals surface area contributed by atoms with Crippen molar-refractivity contribution in [3.63, 3.8) is 0 Å². The van der Waals surface area contributed by atoms with E-state index >= 15 is 0 Å². The number of ether oxygens (including phenoxy) is 1. The van der Waals surface area contributed by atoms with Crippen LogP contribution in [0.1, 0.15) is 77.8 Å². The summed E-state index contributed by atoms with van der Waals surface area (Å²) >= 11 is 0. The summed E-state index contributed by atoms with van der Waals surface area (Å²) in [5.41, 5.74) is 5.12. The zero-order valence-electron chi connectivity index (χ0n) is 19.9. The van der Waals surface area contributed by atoms with E-state index in [1.54, 1.807) is 6.07 Å². The Morgan fingerprint density at radius 1 is 1.19 bits per heavy atom. The maximum Gasteiger partial charge on any atom is 0.314 e. The van der Waals surface area contributed by atoms with Gasteiger partial charge >= 0.3 is 5.97 Å². The first-order valence-corrected chi connectivity index (χ1v) is 11.2. The number of aliphatic carboxylic acids is 1. The van der Waals surface area contributed by atoms with Crippen molar-refractivity contribution in [2.75, 3.05) is 0 Å². The van der Waals surface area contributed by atoms with Crippen LogP contribution in [0.25, 0.3) is 0 Å². The quantitative estimate of drug-likeness (QED) is 0.421. The molecule has 0 amide bonds. The number of phenolic OH excluding ortho intramolecular Hbond substituents is 1. The van der Waals surface area contributed by atoms with Crippen molar-refractivity contribution in [3.05, 3.63) is 58.2 Å². The number of hydrogen-bond donors (Lipinski definition) is 2. The highest BCUT2D eigenvalue weighted by Gasteiger charge is 2.32. The highest BCUT2D eigenvalue weighted by molar-refractivity contribution is 5.75. The van der Waals surface area contributed by atoms with Crippen LogP contribution < -0.4 is 4.74 Å². The minimum atomic E-state index is -0.796. The number of allylic oxidation sites excluding steroid dienone is 4. The molecule has 0 aliphatic carbocycles. The van der Waals surface area contributed by atoms with Crippen LogP contribution in [0.4, 0.5) is 0 Å². The Labute approximate surface area is 187 Å². The molecule has 0 radical (unpaired) electrons. The van der Waals surface area contributed by atoms with E-state index < -0.39 is 11.9 Å². The summed E-state index contributed by atoms with van der Waals surface area (Å²) in [6, 6.07) is 3.57. The largest absolute Gasteiger partial charge is 0.508 e. The Morgan fingerprint density at radius 3 is 2.55 bits per heavy atom. The van der Waals surface area contributed by atoms with Crippen LogP contribution >= 0.6 is 0 Å². The minimum absolute atomic E-state index is 0.193. The maximum absolute atomic E-state index is 11.5. The van der Waals surface area contributed by atoms with Gasteiger partial charge in [0.05, 0.1) is 5.92 Å². The van der Waals surface area contributed by atoms with Crippen molar-refractivity contribution in [2.24, 2.45) is 5.92 Å².